The smallest absolute Gasteiger partial charge is 0.279 e. The summed E-state index contributed by atoms with van der Waals surface area (Å²) >= 11 is 1.03. The molecule has 1 unspecified atom stereocenters. The molecule has 108 valence electrons. The van der Waals surface area contributed by atoms with Crippen LogP contribution in [0.2, 0.25) is 0 Å². The van der Waals surface area contributed by atoms with Gasteiger partial charge in [-0.15, -0.1) is 0 Å². The molecule has 1 fully saturated rings. The molecule has 9 heteroatoms. The Balaban J connectivity index is 2.22. The number of hydrogen-bond donors (Lipinski definition) is 3. The molecule has 0 radical (unpaired) electrons. The lowest BCUT2D eigenvalue weighted by atomic mass is 10.2. The molecule has 2 amide bonds. The predicted molar refractivity (Wildman–Crippen MR) is 76.0 cm³/mol. The summed E-state index contributed by atoms with van der Waals surface area (Å²) in [5.74, 6) is -0.0449. The molecule has 1 aromatic carbocycles. The molecule has 0 aliphatic carbocycles. The van der Waals surface area contributed by atoms with E-state index in [1.165, 1.54) is 12.1 Å². The largest absolute Gasteiger partial charge is 0.334 e. The van der Waals surface area contributed by atoms with E-state index in [-0.39, 0.29) is 10.1 Å². The number of primary sulfonamides is 1. The van der Waals surface area contributed by atoms with Crippen LogP contribution in [0.4, 0.5) is 10.5 Å². The quantitative estimate of drug-likeness (QED) is 0.746. The molecule has 1 aromatic rings. The number of sulfonamides is 1. The van der Waals surface area contributed by atoms with Gasteiger partial charge in [-0.2, -0.15) is 0 Å². The lowest BCUT2D eigenvalue weighted by Gasteiger charge is -2.14. The number of rotatable bonds is 3. The number of carbonyl (C=O) groups excluding carboxylic acids is 2. The zero-order valence-corrected chi connectivity index (χ0v) is 12.2. The average molecular weight is 315 g/mol. The van der Waals surface area contributed by atoms with E-state index in [0.29, 0.717) is 17.0 Å². The van der Waals surface area contributed by atoms with Crippen LogP contribution in [-0.4, -0.2) is 31.4 Å². The number of benzene rings is 1. The van der Waals surface area contributed by atoms with Gasteiger partial charge in [-0.1, -0.05) is 17.8 Å². The van der Waals surface area contributed by atoms with Crippen LogP contribution in [0.3, 0.4) is 0 Å². The standard InChI is InChI=1S/C11H13N3O4S2/c1-6-7(3-2-4-9(6)20(12,17)18)13-10(15)8-5-19-11(16)14-8/h2-4,8H,5H2,1H3,(H,13,15)(H,14,16)(H2,12,17,18). The van der Waals surface area contributed by atoms with Crippen LogP contribution < -0.4 is 15.8 Å². The molecule has 0 saturated carbocycles. The molecule has 0 aromatic heterocycles. The van der Waals surface area contributed by atoms with Gasteiger partial charge in [-0.3, -0.25) is 9.59 Å². The first kappa shape index (κ1) is 14.8. The fourth-order valence-electron chi connectivity index (χ4n) is 1.80. The highest BCUT2D eigenvalue weighted by molar-refractivity contribution is 8.14. The summed E-state index contributed by atoms with van der Waals surface area (Å²) in [5.41, 5.74) is 0.716. The number of nitrogens with two attached hydrogens (primary N) is 1. The first-order chi connectivity index (χ1) is 9.29. The van der Waals surface area contributed by atoms with Gasteiger partial charge in [-0.25, -0.2) is 13.6 Å². The van der Waals surface area contributed by atoms with Gasteiger partial charge < -0.3 is 10.6 Å². The third-order valence-electron chi connectivity index (χ3n) is 2.84. The van der Waals surface area contributed by atoms with E-state index < -0.39 is 22.0 Å². The molecule has 1 saturated heterocycles. The highest BCUT2D eigenvalue weighted by Crippen LogP contribution is 2.23. The van der Waals surface area contributed by atoms with Gasteiger partial charge in [0.25, 0.3) is 5.24 Å². The number of amides is 2. The van der Waals surface area contributed by atoms with Crippen molar-refractivity contribution in [3.05, 3.63) is 23.8 Å². The lowest BCUT2D eigenvalue weighted by Crippen LogP contribution is -2.38. The summed E-state index contributed by atoms with van der Waals surface area (Å²) < 4.78 is 22.8. The maximum absolute atomic E-state index is 12.0. The lowest BCUT2D eigenvalue weighted by molar-refractivity contribution is -0.117. The van der Waals surface area contributed by atoms with Crippen LogP contribution in [0, 0.1) is 6.92 Å². The highest BCUT2D eigenvalue weighted by atomic mass is 32.2. The normalized spacial score (nSPS) is 18.7. The van der Waals surface area contributed by atoms with Crippen LogP contribution in [0.15, 0.2) is 23.1 Å². The van der Waals surface area contributed by atoms with Gasteiger partial charge in [-0.05, 0) is 24.6 Å². The number of anilines is 1. The minimum Gasteiger partial charge on any atom is -0.334 e. The summed E-state index contributed by atoms with van der Waals surface area (Å²) in [5, 5.41) is 9.95. The monoisotopic (exact) mass is 315 g/mol. The summed E-state index contributed by atoms with van der Waals surface area (Å²) in [6, 6.07) is 3.81. The van der Waals surface area contributed by atoms with Gasteiger partial charge in [0.1, 0.15) is 6.04 Å². The number of nitrogens with one attached hydrogen (secondary N) is 2. The van der Waals surface area contributed by atoms with Crippen molar-refractivity contribution in [1.29, 1.82) is 0 Å². The Labute approximate surface area is 120 Å². The zero-order chi connectivity index (χ0) is 14.9. The Hall–Kier alpha value is -1.58. The summed E-state index contributed by atoms with van der Waals surface area (Å²) in [4.78, 5) is 23.0. The summed E-state index contributed by atoms with van der Waals surface area (Å²) in [6.45, 7) is 1.55. The zero-order valence-electron chi connectivity index (χ0n) is 10.5. The van der Waals surface area contributed by atoms with E-state index >= 15 is 0 Å². The van der Waals surface area contributed by atoms with Crippen molar-refractivity contribution >= 4 is 38.6 Å². The molecule has 7 nitrogen and oxygen atoms in total. The molecule has 4 N–H and O–H groups in total. The van der Waals surface area contributed by atoms with Crippen LogP contribution >= 0.6 is 11.8 Å². The number of hydrogen-bond acceptors (Lipinski definition) is 5. The van der Waals surface area contributed by atoms with Gasteiger partial charge in [0.2, 0.25) is 15.9 Å². The Kier molecular flexibility index (Phi) is 4.02. The Bertz CT molecular complexity index is 672. The van der Waals surface area contributed by atoms with Crippen molar-refractivity contribution in [3.63, 3.8) is 0 Å². The molecule has 0 spiro atoms. The molecule has 2 rings (SSSR count). The summed E-state index contributed by atoms with van der Waals surface area (Å²) in [7, 11) is -3.84. The summed E-state index contributed by atoms with van der Waals surface area (Å²) in [6.07, 6.45) is 0. The number of carbonyl (C=O) groups is 2. The maximum atomic E-state index is 12.0. The molecule has 1 aliphatic rings. The van der Waals surface area contributed by atoms with E-state index in [1.807, 2.05) is 0 Å². The third-order valence-corrected chi connectivity index (χ3v) is 4.77. The first-order valence-corrected chi connectivity index (χ1v) is 8.19. The fraction of sp³-hybridized carbons (Fsp3) is 0.273. The van der Waals surface area contributed by atoms with Gasteiger partial charge in [0.05, 0.1) is 4.90 Å². The van der Waals surface area contributed by atoms with Crippen LogP contribution in [0.25, 0.3) is 0 Å². The van der Waals surface area contributed by atoms with Gasteiger partial charge in [0, 0.05) is 11.4 Å². The van der Waals surface area contributed by atoms with Crippen molar-refractivity contribution < 1.29 is 18.0 Å². The second-order valence-corrected chi connectivity index (χ2v) is 6.78. The first-order valence-electron chi connectivity index (χ1n) is 5.65. The maximum Gasteiger partial charge on any atom is 0.279 e. The Morgan fingerprint density at radius 2 is 2.20 bits per heavy atom. The second-order valence-electron chi connectivity index (χ2n) is 4.26. The van der Waals surface area contributed by atoms with E-state index in [4.69, 9.17) is 5.14 Å². The van der Waals surface area contributed by atoms with Crippen LogP contribution in [0.1, 0.15) is 5.56 Å². The van der Waals surface area contributed by atoms with Crippen molar-refractivity contribution in [1.82, 2.24) is 5.32 Å². The average Bonchev–Trinajstić information content (AvgIpc) is 2.77. The van der Waals surface area contributed by atoms with E-state index in [0.717, 1.165) is 11.8 Å². The molecule has 20 heavy (non-hydrogen) atoms. The van der Waals surface area contributed by atoms with E-state index in [2.05, 4.69) is 10.6 Å². The van der Waals surface area contributed by atoms with E-state index in [1.54, 1.807) is 13.0 Å². The van der Waals surface area contributed by atoms with Crippen LogP contribution in [0.5, 0.6) is 0 Å². The van der Waals surface area contributed by atoms with Crippen molar-refractivity contribution in [3.8, 4) is 0 Å². The Morgan fingerprint density at radius 3 is 2.75 bits per heavy atom. The molecule has 1 atom stereocenters. The van der Waals surface area contributed by atoms with Crippen molar-refractivity contribution in [2.24, 2.45) is 5.14 Å². The fourth-order valence-corrected chi connectivity index (χ4v) is 3.39. The molecular weight excluding hydrogens is 302 g/mol. The second kappa shape index (κ2) is 5.43. The van der Waals surface area contributed by atoms with Crippen molar-refractivity contribution in [2.45, 2.75) is 17.9 Å². The SMILES string of the molecule is Cc1c(NC(=O)C2CSC(=O)N2)cccc1S(N)(=O)=O. The molecule has 1 heterocycles. The van der Waals surface area contributed by atoms with Gasteiger partial charge in [0.15, 0.2) is 0 Å². The predicted octanol–water partition coefficient (Wildman–Crippen LogP) is 0.406. The minimum absolute atomic E-state index is 0.0415. The topological polar surface area (TPSA) is 118 Å². The molecule has 1 aliphatic heterocycles. The van der Waals surface area contributed by atoms with Crippen molar-refractivity contribution in [2.75, 3.05) is 11.1 Å². The highest BCUT2D eigenvalue weighted by Gasteiger charge is 2.28. The van der Waals surface area contributed by atoms with Crippen LogP contribution in [-0.2, 0) is 14.8 Å². The van der Waals surface area contributed by atoms with Gasteiger partial charge >= 0.3 is 0 Å². The van der Waals surface area contributed by atoms with E-state index in [9.17, 15) is 18.0 Å². The number of thioether (sulfide) groups is 1. The molecular formula is C11H13N3O4S2. The Morgan fingerprint density at radius 1 is 1.50 bits per heavy atom. The minimum atomic E-state index is -3.84. The third kappa shape index (κ3) is 3.11. The molecule has 0 bridgehead atoms.